The van der Waals surface area contributed by atoms with Crippen LogP contribution < -0.4 is 11.1 Å². The van der Waals surface area contributed by atoms with Crippen LogP contribution in [0.15, 0.2) is 45.6 Å². The summed E-state index contributed by atoms with van der Waals surface area (Å²) in [7, 11) is 0. The van der Waals surface area contributed by atoms with Crippen LogP contribution in [0.5, 0.6) is 0 Å². The van der Waals surface area contributed by atoms with Gasteiger partial charge in [-0.1, -0.05) is 12.1 Å². The number of aromatic nitrogens is 1. The summed E-state index contributed by atoms with van der Waals surface area (Å²) in [6.07, 6.45) is 0.619. The highest BCUT2D eigenvalue weighted by molar-refractivity contribution is 7.14. The van der Waals surface area contributed by atoms with Crippen molar-refractivity contribution in [2.24, 2.45) is 0 Å². The van der Waals surface area contributed by atoms with Gasteiger partial charge in [0, 0.05) is 18.3 Å². The van der Waals surface area contributed by atoms with Crippen molar-refractivity contribution in [1.82, 2.24) is 9.88 Å². The van der Waals surface area contributed by atoms with Gasteiger partial charge >= 0.3 is 11.7 Å². The molecule has 9 heteroatoms. The molecule has 0 aliphatic rings. The van der Waals surface area contributed by atoms with E-state index < -0.39 is 18.3 Å². The fraction of sp³-hybridized carbons (Fsp3) is 0.263. The van der Waals surface area contributed by atoms with E-state index in [1.54, 1.807) is 36.4 Å². The number of carbonyl (C=O) groups is 3. The number of thiophene rings is 1. The molecular weight excluding hydrogens is 384 g/mol. The monoisotopic (exact) mass is 402 g/mol. The molecule has 3 aromatic rings. The number of hydrogen-bond acceptors (Lipinski definition) is 7. The second-order valence-electron chi connectivity index (χ2n) is 6.00. The number of hydrogen-bond donors (Lipinski definition) is 1. The number of oxazole rings is 1. The van der Waals surface area contributed by atoms with Gasteiger partial charge < -0.3 is 14.5 Å². The minimum Gasteiger partial charge on any atom is -0.456 e. The predicted molar refractivity (Wildman–Crippen MR) is 102 cm³/mol. The number of esters is 1. The van der Waals surface area contributed by atoms with E-state index in [-0.39, 0.29) is 18.2 Å². The highest BCUT2D eigenvalue weighted by Gasteiger charge is 2.16. The van der Waals surface area contributed by atoms with Crippen molar-refractivity contribution in [2.75, 3.05) is 13.2 Å². The maximum Gasteiger partial charge on any atom is 0.420 e. The van der Waals surface area contributed by atoms with Gasteiger partial charge in [0.15, 0.2) is 12.2 Å². The van der Waals surface area contributed by atoms with Crippen LogP contribution in [0.4, 0.5) is 0 Å². The van der Waals surface area contributed by atoms with Crippen molar-refractivity contribution >= 4 is 40.1 Å². The molecule has 28 heavy (non-hydrogen) atoms. The van der Waals surface area contributed by atoms with Gasteiger partial charge in [0.05, 0.1) is 10.4 Å². The maximum atomic E-state index is 12.2. The number of ketones is 1. The van der Waals surface area contributed by atoms with Crippen molar-refractivity contribution in [3.63, 3.8) is 0 Å². The van der Waals surface area contributed by atoms with Crippen LogP contribution in [-0.4, -0.2) is 35.4 Å². The van der Waals surface area contributed by atoms with Gasteiger partial charge in [-0.3, -0.25) is 19.0 Å². The van der Waals surface area contributed by atoms with E-state index in [4.69, 9.17) is 9.15 Å². The van der Waals surface area contributed by atoms with Gasteiger partial charge in [0.1, 0.15) is 6.54 Å². The van der Waals surface area contributed by atoms with Gasteiger partial charge in [-0.15, -0.1) is 11.3 Å². The zero-order valence-corrected chi connectivity index (χ0v) is 15.9. The molecule has 0 atom stereocenters. The molecule has 0 fully saturated rings. The van der Waals surface area contributed by atoms with Gasteiger partial charge in [-0.2, -0.15) is 0 Å². The Morgan fingerprint density at radius 2 is 1.96 bits per heavy atom. The van der Waals surface area contributed by atoms with E-state index in [0.717, 1.165) is 9.44 Å². The van der Waals surface area contributed by atoms with E-state index in [2.05, 4.69) is 5.32 Å². The molecule has 2 aromatic heterocycles. The third-order valence-corrected chi connectivity index (χ3v) is 5.09. The molecule has 3 rings (SSSR count). The van der Waals surface area contributed by atoms with Gasteiger partial charge in [0.25, 0.3) is 0 Å². The first-order chi connectivity index (χ1) is 13.4. The topological polar surface area (TPSA) is 108 Å². The summed E-state index contributed by atoms with van der Waals surface area (Å²) in [6.45, 7) is 1.19. The van der Waals surface area contributed by atoms with Crippen LogP contribution in [0.25, 0.3) is 11.1 Å². The standard InChI is InChI=1S/C19H18N2O6S/c1-12(22)20-9-8-13-6-7-17(28-13)15(23)11-26-18(24)10-21-14-4-2-3-5-16(14)27-19(21)25/h2-7H,8-11H2,1H3,(H,20,22). The van der Waals surface area contributed by atoms with Crippen LogP contribution >= 0.6 is 11.3 Å². The normalized spacial score (nSPS) is 10.8. The van der Waals surface area contributed by atoms with Gasteiger partial charge in [0.2, 0.25) is 11.7 Å². The Balaban J connectivity index is 1.53. The number of benzene rings is 1. The maximum absolute atomic E-state index is 12.2. The number of para-hydroxylation sites is 2. The molecule has 0 radical (unpaired) electrons. The fourth-order valence-electron chi connectivity index (χ4n) is 2.58. The summed E-state index contributed by atoms with van der Waals surface area (Å²) < 4.78 is 11.2. The lowest BCUT2D eigenvalue weighted by molar-refractivity contribution is -0.143. The van der Waals surface area contributed by atoms with Crippen LogP contribution in [0.1, 0.15) is 21.5 Å². The average Bonchev–Trinajstić information content (AvgIpc) is 3.25. The molecule has 1 amide bonds. The molecule has 0 saturated heterocycles. The average molecular weight is 402 g/mol. The number of rotatable bonds is 8. The third-order valence-electron chi connectivity index (χ3n) is 3.91. The molecule has 8 nitrogen and oxygen atoms in total. The molecule has 0 spiro atoms. The SMILES string of the molecule is CC(=O)NCCc1ccc(C(=O)COC(=O)Cn2c(=O)oc3ccccc32)s1. The van der Waals surface area contributed by atoms with E-state index in [9.17, 15) is 19.2 Å². The lowest BCUT2D eigenvalue weighted by Gasteiger charge is -2.04. The summed E-state index contributed by atoms with van der Waals surface area (Å²) in [5.74, 6) is -1.80. The van der Waals surface area contributed by atoms with Crippen molar-refractivity contribution in [3.8, 4) is 0 Å². The number of ether oxygens (including phenoxy) is 1. The second kappa shape index (κ2) is 8.66. The molecule has 0 aliphatic heterocycles. The Labute approximate surface area is 163 Å². The Morgan fingerprint density at radius 1 is 1.18 bits per heavy atom. The molecular formula is C19H18N2O6S. The van der Waals surface area contributed by atoms with Crippen LogP contribution in [0, 0.1) is 0 Å². The van der Waals surface area contributed by atoms with Crippen LogP contribution in [0.3, 0.4) is 0 Å². The van der Waals surface area contributed by atoms with E-state index in [1.165, 1.54) is 18.3 Å². The molecule has 1 N–H and O–H groups in total. The first kappa shape index (κ1) is 19.6. The number of fused-ring (bicyclic) bond motifs is 1. The van der Waals surface area contributed by atoms with Crippen molar-refractivity contribution < 1.29 is 23.5 Å². The molecule has 2 heterocycles. The van der Waals surface area contributed by atoms with Crippen molar-refractivity contribution in [1.29, 1.82) is 0 Å². The summed E-state index contributed by atoms with van der Waals surface area (Å²) in [4.78, 5) is 48.4. The molecule has 1 aromatic carbocycles. The Hall–Kier alpha value is -3.20. The Bertz CT molecular complexity index is 1080. The molecule has 0 saturated carbocycles. The van der Waals surface area contributed by atoms with E-state index >= 15 is 0 Å². The first-order valence-electron chi connectivity index (χ1n) is 8.54. The largest absolute Gasteiger partial charge is 0.456 e. The van der Waals surface area contributed by atoms with E-state index in [0.29, 0.717) is 28.9 Å². The minimum atomic E-state index is -0.704. The third kappa shape index (κ3) is 4.74. The smallest absolute Gasteiger partial charge is 0.420 e. The quantitative estimate of drug-likeness (QED) is 0.454. The van der Waals surface area contributed by atoms with Crippen molar-refractivity contribution in [2.45, 2.75) is 19.9 Å². The lowest BCUT2D eigenvalue weighted by Crippen LogP contribution is -2.23. The Kier molecular flexibility index (Phi) is 6.05. The Morgan fingerprint density at radius 3 is 2.75 bits per heavy atom. The summed E-state index contributed by atoms with van der Waals surface area (Å²) in [5, 5.41) is 2.69. The molecule has 146 valence electrons. The zero-order chi connectivity index (χ0) is 20.1. The highest BCUT2D eigenvalue weighted by Crippen LogP contribution is 2.18. The van der Waals surface area contributed by atoms with Crippen LogP contribution in [0.2, 0.25) is 0 Å². The number of carbonyl (C=O) groups excluding carboxylic acids is 3. The van der Waals surface area contributed by atoms with Crippen LogP contribution in [-0.2, 0) is 27.3 Å². The molecule has 0 bridgehead atoms. The van der Waals surface area contributed by atoms with Gasteiger partial charge in [-0.05, 0) is 30.7 Å². The number of nitrogens with one attached hydrogen (secondary N) is 1. The highest BCUT2D eigenvalue weighted by atomic mass is 32.1. The van der Waals surface area contributed by atoms with Crippen molar-refractivity contribution in [3.05, 3.63) is 56.7 Å². The predicted octanol–water partition coefficient (Wildman–Crippen LogP) is 1.76. The second-order valence-corrected chi connectivity index (χ2v) is 7.17. The first-order valence-corrected chi connectivity index (χ1v) is 9.36. The molecule has 0 aliphatic carbocycles. The number of amides is 1. The summed E-state index contributed by atoms with van der Waals surface area (Å²) >= 11 is 1.29. The zero-order valence-electron chi connectivity index (χ0n) is 15.1. The summed E-state index contributed by atoms with van der Waals surface area (Å²) in [5.41, 5.74) is 0.861. The lowest BCUT2D eigenvalue weighted by atomic mass is 10.3. The number of Topliss-reactive ketones (excluding diaryl/α,β-unsaturated/α-hetero) is 1. The summed E-state index contributed by atoms with van der Waals surface area (Å²) in [6, 6.07) is 10.2. The van der Waals surface area contributed by atoms with E-state index in [1.807, 2.05) is 0 Å². The molecule has 0 unspecified atom stereocenters. The minimum absolute atomic E-state index is 0.107. The van der Waals surface area contributed by atoms with Gasteiger partial charge in [-0.25, -0.2) is 4.79 Å². The number of nitrogens with zero attached hydrogens (tertiary/aromatic N) is 1. The fourth-order valence-corrected chi connectivity index (χ4v) is 3.51.